The summed E-state index contributed by atoms with van der Waals surface area (Å²) in [6.07, 6.45) is 0.0564. The smallest absolute Gasteiger partial charge is 0.325 e. The van der Waals surface area contributed by atoms with Gasteiger partial charge >= 0.3 is 5.69 Å². The third-order valence-electron chi connectivity index (χ3n) is 2.67. The van der Waals surface area contributed by atoms with Gasteiger partial charge < -0.3 is 15.0 Å². The summed E-state index contributed by atoms with van der Waals surface area (Å²) < 4.78 is 0. The molecule has 0 spiro atoms. The Morgan fingerprint density at radius 2 is 2.24 bits per heavy atom. The molecule has 3 N–H and O–H groups in total. The average molecular weight is 239 g/mol. The lowest BCUT2D eigenvalue weighted by molar-refractivity contribution is -0.129. The maximum Gasteiger partial charge on any atom is 0.325 e. The Bertz CT molecular complexity index is 505. The van der Waals surface area contributed by atoms with Gasteiger partial charge in [0.1, 0.15) is 0 Å². The second kappa shape index (κ2) is 4.54. The standard InChI is InChI=1S/C10H13N3O4/c14-7-1-2-13(5-7)9(16)4-6-3-8(15)12-10(17)11-6/h3,7,14H,1-2,4-5H2,(H2,11,12,15,17)/t7-/m0/s1. The number of β-amino-alcohol motifs (C(OH)–C–C–N with tert-alkyl or cyclic N) is 1. The number of aromatic amines is 2. The number of rotatable bonds is 2. The van der Waals surface area contributed by atoms with Gasteiger partial charge in [-0.25, -0.2) is 4.79 Å². The lowest BCUT2D eigenvalue weighted by Gasteiger charge is -2.14. The summed E-state index contributed by atoms with van der Waals surface area (Å²) in [5.74, 6) is -0.206. The van der Waals surface area contributed by atoms with Crippen molar-refractivity contribution in [3.8, 4) is 0 Å². The fourth-order valence-electron chi connectivity index (χ4n) is 1.86. The van der Waals surface area contributed by atoms with Crippen molar-refractivity contribution in [1.82, 2.24) is 14.9 Å². The molecule has 1 aliphatic rings. The molecule has 1 aliphatic heterocycles. The van der Waals surface area contributed by atoms with Crippen LogP contribution >= 0.6 is 0 Å². The van der Waals surface area contributed by atoms with Crippen molar-refractivity contribution in [1.29, 1.82) is 0 Å². The summed E-state index contributed by atoms with van der Waals surface area (Å²) >= 11 is 0. The van der Waals surface area contributed by atoms with Crippen LogP contribution in [0.3, 0.4) is 0 Å². The summed E-state index contributed by atoms with van der Waals surface area (Å²) in [6.45, 7) is 0.819. The van der Waals surface area contributed by atoms with Gasteiger partial charge in [0.15, 0.2) is 0 Å². The van der Waals surface area contributed by atoms with E-state index in [0.717, 1.165) is 0 Å². The minimum atomic E-state index is -0.623. The summed E-state index contributed by atoms with van der Waals surface area (Å²) in [5, 5.41) is 9.30. The molecule has 2 rings (SSSR count). The Balaban J connectivity index is 2.08. The highest BCUT2D eigenvalue weighted by atomic mass is 16.3. The van der Waals surface area contributed by atoms with Gasteiger partial charge in [0.05, 0.1) is 12.5 Å². The molecule has 2 heterocycles. The predicted molar refractivity (Wildman–Crippen MR) is 58.6 cm³/mol. The number of aliphatic hydroxyl groups excluding tert-OH is 1. The van der Waals surface area contributed by atoms with E-state index in [0.29, 0.717) is 19.5 Å². The second-order valence-corrected chi connectivity index (χ2v) is 4.07. The molecule has 1 atom stereocenters. The van der Waals surface area contributed by atoms with Crippen LogP contribution in [-0.4, -0.2) is 45.1 Å². The van der Waals surface area contributed by atoms with E-state index in [2.05, 4.69) is 4.98 Å². The van der Waals surface area contributed by atoms with Crippen LogP contribution in [-0.2, 0) is 11.2 Å². The number of nitrogens with zero attached hydrogens (tertiary/aromatic N) is 1. The quantitative estimate of drug-likeness (QED) is 0.566. The maximum atomic E-state index is 11.8. The first kappa shape index (κ1) is 11.6. The molecular weight excluding hydrogens is 226 g/mol. The zero-order valence-corrected chi connectivity index (χ0v) is 9.10. The van der Waals surface area contributed by atoms with Crippen LogP contribution in [0.5, 0.6) is 0 Å². The fraction of sp³-hybridized carbons (Fsp3) is 0.500. The van der Waals surface area contributed by atoms with Crippen molar-refractivity contribution in [2.75, 3.05) is 13.1 Å². The van der Waals surface area contributed by atoms with Crippen molar-refractivity contribution in [2.24, 2.45) is 0 Å². The first-order valence-corrected chi connectivity index (χ1v) is 5.33. The van der Waals surface area contributed by atoms with E-state index < -0.39 is 17.4 Å². The van der Waals surface area contributed by atoms with Crippen LogP contribution in [0.2, 0.25) is 0 Å². The topological polar surface area (TPSA) is 106 Å². The van der Waals surface area contributed by atoms with E-state index >= 15 is 0 Å². The Labute approximate surface area is 96.1 Å². The molecule has 92 valence electrons. The Hall–Kier alpha value is -1.89. The number of likely N-dealkylation sites (tertiary alicyclic amines) is 1. The first-order chi connectivity index (χ1) is 8.04. The van der Waals surface area contributed by atoms with Crippen molar-refractivity contribution in [2.45, 2.75) is 18.9 Å². The molecule has 0 radical (unpaired) electrons. The maximum absolute atomic E-state index is 11.8. The zero-order chi connectivity index (χ0) is 12.4. The van der Waals surface area contributed by atoms with Gasteiger partial charge in [-0.1, -0.05) is 0 Å². The molecule has 1 amide bonds. The molecule has 0 unspecified atom stereocenters. The number of amides is 1. The van der Waals surface area contributed by atoms with Crippen molar-refractivity contribution < 1.29 is 9.90 Å². The molecule has 17 heavy (non-hydrogen) atoms. The molecule has 7 heteroatoms. The summed E-state index contributed by atoms with van der Waals surface area (Å²) in [6, 6.07) is 1.19. The normalized spacial score (nSPS) is 19.6. The summed E-state index contributed by atoms with van der Waals surface area (Å²) in [7, 11) is 0. The lowest BCUT2D eigenvalue weighted by atomic mass is 10.2. The molecule has 1 fully saturated rings. The lowest BCUT2D eigenvalue weighted by Crippen LogP contribution is -2.32. The number of nitrogens with one attached hydrogen (secondary N) is 2. The molecule has 1 aromatic rings. The fourth-order valence-corrected chi connectivity index (χ4v) is 1.86. The molecule has 0 aliphatic carbocycles. The van der Waals surface area contributed by atoms with Crippen LogP contribution in [0, 0.1) is 0 Å². The van der Waals surface area contributed by atoms with Gasteiger partial charge in [-0.3, -0.25) is 14.6 Å². The highest BCUT2D eigenvalue weighted by Crippen LogP contribution is 2.09. The van der Waals surface area contributed by atoms with E-state index in [4.69, 9.17) is 0 Å². The predicted octanol–water partition coefficient (Wildman–Crippen LogP) is -1.80. The van der Waals surface area contributed by atoms with Crippen molar-refractivity contribution >= 4 is 5.91 Å². The van der Waals surface area contributed by atoms with E-state index in [1.54, 1.807) is 0 Å². The highest BCUT2D eigenvalue weighted by Gasteiger charge is 2.24. The van der Waals surface area contributed by atoms with Gasteiger partial charge in [-0.2, -0.15) is 0 Å². The molecule has 7 nitrogen and oxygen atoms in total. The second-order valence-electron chi connectivity index (χ2n) is 4.07. The molecule has 1 saturated heterocycles. The number of aromatic nitrogens is 2. The largest absolute Gasteiger partial charge is 0.391 e. The van der Waals surface area contributed by atoms with Gasteiger partial charge in [-0.05, 0) is 6.42 Å². The van der Waals surface area contributed by atoms with Gasteiger partial charge in [0.2, 0.25) is 5.91 Å². The SMILES string of the molecule is O=C(Cc1cc(=O)[nH]c(=O)[nH]1)N1CC[C@H](O)C1. The number of hydrogen-bond donors (Lipinski definition) is 3. The zero-order valence-electron chi connectivity index (χ0n) is 9.10. The first-order valence-electron chi connectivity index (χ1n) is 5.33. The summed E-state index contributed by atoms with van der Waals surface area (Å²) in [5.41, 5.74) is -0.870. The Morgan fingerprint density at radius 3 is 2.82 bits per heavy atom. The summed E-state index contributed by atoms with van der Waals surface area (Å²) in [4.78, 5) is 39.7. The Morgan fingerprint density at radius 1 is 1.47 bits per heavy atom. The molecule has 1 aromatic heterocycles. The van der Waals surface area contributed by atoms with E-state index in [9.17, 15) is 19.5 Å². The van der Waals surface area contributed by atoms with Crippen LogP contribution < -0.4 is 11.2 Å². The minimum absolute atomic E-state index is 0.0358. The van der Waals surface area contributed by atoms with Crippen molar-refractivity contribution in [3.05, 3.63) is 32.6 Å². The third-order valence-corrected chi connectivity index (χ3v) is 2.67. The number of aliphatic hydroxyl groups is 1. The number of hydrogen-bond acceptors (Lipinski definition) is 4. The van der Waals surface area contributed by atoms with E-state index in [1.807, 2.05) is 4.98 Å². The molecule has 0 bridgehead atoms. The van der Waals surface area contributed by atoms with Crippen LogP contribution in [0.15, 0.2) is 15.7 Å². The average Bonchev–Trinajstić information content (AvgIpc) is 2.63. The minimum Gasteiger partial charge on any atom is -0.391 e. The molecule has 0 saturated carbocycles. The number of carbonyl (C=O) groups excluding carboxylic acids is 1. The highest BCUT2D eigenvalue weighted by molar-refractivity contribution is 5.78. The van der Waals surface area contributed by atoms with Crippen LogP contribution in [0.25, 0.3) is 0 Å². The van der Waals surface area contributed by atoms with Gasteiger partial charge in [0, 0.05) is 24.8 Å². The van der Waals surface area contributed by atoms with Crippen molar-refractivity contribution in [3.63, 3.8) is 0 Å². The van der Waals surface area contributed by atoms with Crippen LogP contribution in [0.1, 0.15) is 12.1 Å². The van der Waals surface area contributed by atoms with Gasteiger partial charge in [-0.15, -0.1) is 0 Å². The monoisotopic (exact) mass is 239 g/mol. The number of H-pyrrole nitrogens is 2. The third kappa shape index (κ3) is 2.82. The van der Waals surface area contributed by atoms with Crippen LogP contribution in [0.4, 0.5) is 0 Å². The Kier molecular flexibility index (Phi) is 3.10. The van der Waals surface area contributed by atoms with E-state index in [1.165, 1.54) is 11.0 Å². The molecular formula is C10H13N3O4. The van der Waals surface area contributed by atoms with E-state index in [-0.39, 0.29) is 18.0 Å². The number of carbonyl (C=O) groups is 1. The van der Waals surface area contributed by atoms with Gasteiger partial charge in [0.25, 0.3) is 5.56 Å². The molecule has 0 aromatic carbocycles.